The first kappa shape index (κ1) is 12.6. The number of imidazole rings is 1. The molecule has 2 heterocycles. The topological polar surface area (TPSA) is 81.9 Å². The Hall–Kier alpha value is -3.74. The first-order valence-electron chi connectivity index (χ1n) is 10.0. The summed E-state index contributed by atoms with van der Waals surface area (Å²) in [7, 11) is 3.13. The SMILES string of the molecule is [2H]c1c([2H])c(C(=O)Nc2cc3cc(-c4cncn4C)ccc3nn2)c([2H])c([2H])c1OC. The molecule has 134 valence electrons. The fourth-order valence-corrected chi connectivity index (χ4v) is 2.60. The van der Waals surface area contributed by atoms with Gasteiger partial charge in [-0.1, -0.05) is 6.07 Å². The number of nitrogens with zero attached hydrogens (tertiary/aromatic N) is 4. The number of methoxy groups -OCH3 is 1. The van der Waals surface area contributed by atoms with Gasteiger partial charge in [-0.2, -0.15) is 0 Å². The Labute approximate surface area is 161 Å². The lowest BCUT2D eigenvalue weighted by Crippen LogP contribution is -2.13. The summed E-state index contributed by atoms with van der Waals surface area (Å²) in [6.45, 7) is 0. The van der Waals surface area contributed by atoms with Crippen LogP contribution in [0.25, 0.3) is 22.2 Å². The molecule has 7 heteroatoms. The standard InChI is InChI=1S/C20H17N5O2/c1-25-12-21-11-18(25)14-5-8-17-15(9-14)10-19(24-23-17)22-20(26)13-3-6-16(27-2)7-4-13/h3-12H,1-2H3,(H,22,24,26)/i3D,4D,6D,7D. The third kappa shape index (κ3) is 3.35. The molecule has 0 saturated heterocycles. The van der Waals surface area contributed by atoms with Crippen LogP contribution in [0.3, 0.4) is 0 Å². The number of amides is 1. The Morgan fingerprint density at radius 2 is 2.00 bits per heavy atom. The summed E-state index contributed by atoms with van der Waals surface area (Å²) in [6.07, 6.45) is 3.44. The van der Waals surface area contributed by atoms with Gasteiger partial charge in [0.2, 0.25) is 0 Å². The molecule has 0 aliphatic rings. The molecular formula is C20H17N5O2. The molecule has 0 bridgehead atoms. The number of fused-ring (bicyclic) bond motifs is 1. The van der Waals surface area contributed by atoms with E-state index in [1.54, 1.807) is 18.6 Å². The number of nitrogens with one attached hydrogen (secondary N) is 1. The molecule has 0 fully saturated rings. The zero-order valence-corrected chi connectivity index (χ0v) is 14.6. The summed E-state index contributed by atoms with van der Waals surface area (Å²) in [5.41, 5.74) is 2.04. The highest BCUT2D eigenvalue weighted by Gasteiger charge is 2.10. The molecule has 1 amide bonds. The first-order valence-corrected chi connectivity index (χ1v) is 8.01. The van der Waals surface area contributed by atoms with Crippen molar-refractivity contribution in [1.29, 1.82) is 0 Å². The molecule has 2 aromatic carbocycles. The maximum absolute atomic E-state index is 12.8. The van der Waals surface area contributed by atoms with E-state index in [1.165, 1.54) is 7.11 Å². The largest absolute Gasteiger partial charge is 0.497 e. The van der Waals surface area contributed by atoms with Gasteiger partial charge in [0, 0.05) is 23.6 Å². The van der Waals surface area contributed by atoms with Crippen LogP contribution in [0.1, 0.15) is 15.8 Å². The highest BCUT2D eigenvalue weighted by Crippen LogP contribution is 2.24. The number of hydrogen-bond acceptors (Lipinski definition) is 5. The third-order valence-corrected chi connectivity index (χ3v) is 3.97. The van der Waals surface area contributed by atoms with Crippen LogP contribution in [0.2, 0.25) is 0 Å². The number of aryl methyl sites for hydroxylation is 1. The van der Waals surface area contributed by atoms with Gasteiger partial charge in [-0.3, -0.25) is 4.79 Å². The molecule has 4 aromatic rings. The van der Waals surface area contributed by atoms with Crippen LogP contribution >= 0.6 is 0 Å². The van der Waals surface area contributed by atoms with Crippen LogP contribution in [0.4, 0.5) is 5.82 Å². The van der Waals surface area contributed by atoms with Gasteiger partial charge in [0.25, 0.3) is 5.91 Å². The molecule has 0 atom stereocenters. The van der Waals surface area contributed by atoms with E-state index < -0.39 is 35.6 Å². The summed E-state index contributed by atoms with van der Waals surface area (Å²) in [4.78, 5) is 16.9. The van der Waals surface area contributed by atoms with Gasteiger partial charge >= 0.3 is 0 Å². The van der Waals surface area contributed by atoms with Crippen LogP contribution < -0.4 is 10.1 Å². The van der Waals surface area contributed by atoms with Gasteiger partial charge in [0.15, 0.2) is 5.82 Å². The lowest BCUT2D eigenvalue weighted by atomic mass is 10.1. The van der Waals surface area contributed by atoms with Crippen molar-refractivity contribution in [3.8, 4) is 17.0 Å². The summed E-state index contributed by atoms with van der Waals surface area (Å²) in [5.74, 6) is -0.928. The molecule has 2 aromatic heterocycles. The molecule has 0 aliphatic carbocycles. The van der Waals surface area contributed by atoms with Crippen molar-refractivity contribution >= 4 is 22.6 Å². The Morgan fingerprint density at radius 3 is 2.70 bits per heavy atom. The van der Waals surface area contributed by atoms with E-state index in [4.69, 9.17) is 10.2 Å². The van der Waals surface area contributed by atoms with Gasteiger partial charge in [-0.05, 0) is 42.4 Å². The maximum atomic E-state index is 12.8. The fraction of sp³-hybridized carbons (Fsp3) is 0.100. The number of carbonyl (C=O) groups excluding carboxylic acids is 1. The van der Waals surface area contributed by atoms with Crippen molar-refractivity contribution in [2.45, 2.75) is 0 Å². The van der Waals surface area contributed by atoms with Crippen molar-refractivity contribution in [3.63, 3.8) is 0 Å². The molecule has 7 nitrogen and oxygen atoms in total. The van der Waals surface area contributed by atoms with Crippen molar-refractivity contribution in [1.82, 2.24) is 19.7 Å². The molecule has 4 rings (SSSR count). The predicted molar refractivity (Wildman–Crippen MR) is 103 cm³/mol. The highest BCUT2D eigenvalue weighted by atomic mass is 16.5. The Morgan fingerprint density at radius 1 is 1.19 bits per heavy atom. The molecule has 1 N–H and O–H groups in total. The van der Waals surface area contributed by atoms with E-state index >= 15 is 0 Å². The molecule has 0 aliphatic heterocycles. The predicted octanol–water partition coefficient (Wildman–Crippen LogP) is 3.29. The summed E-state index contributed by atoms with van der Waals surface area (Å²) in [6, 6.07) is 5.36. The second-order valence-corrected chi connectivity index (χ2v) is 5.76. The van der Waals surface area contributed by atoms with E-state index in [2.05, 4.69) is 20.5 Å². The number of aromatic nitrogens is 4. The molecule has 0 saturated carbocycles. The van der Waals surface area contributed by atoms with Gasteiger partial charge < -0.3 is 14.6 Å². The first-order chi connectivity index (χ1) is 14.8. The van der Waals surface area contributed by atoms with E-state index in [-0.39, 0.29) is 11.6 Å². The Balaban J connectivity index is 1.70. The molecule has 0 radical (unpaired) electrons. The van der Waals surface area contributed by atoms with Crippen molar-refractivity contribution in [2.24, 2.45) is 7.05 Å². The zero-order chi connectivity index (χ0) is 22.3. The minimum absolute atomic E-state index is 0.118. The number of ether oxygens (including phenoxy) is 1. The molecular weight excluding hydrogens is 342 g/mol. The minimum atomic E-state index is -0.823. The van der Waals surface area contributed by atoms with Crippen LogP contribution in [0, 0.1) is 0 Å². The average molecular weight is 363 g/mol. The van der Waals surface area contributed by atoms with Crippen LogP contribution in [-0.2, 0) is 7.05 Å². The smallest absolute Gasteiger partial charge is 0.256 e. The number of carbonyl (C=O) groups is 1. The summed E-state index contributed by atoms with van der Waals surface area (Å²) < 4.78 is 38.8. The lowest BCUT2D eigenvalue weighted by molar-refractivity contribution is 0.102. The van der Waals surface area contributed by atoms with E-state index in [1.807, 2.05) is 29.8 Å². The second kappa shape index (κ2) is 6.87. The van der Waals surface area contributed by atoms with Crippen molar-refractivity contribution in [2.75, 3.05) is 12.4 Å². The number of rotatable bonds is 4. The quantitative estimate of drug-likeness (QED) is 0.602. The third-order valence-electron chi connectivity index (χ3n) is 3.97. The molecule has 27 heavy (non-hydrogen) atoms. The van der Waals surface area contributed by atoms with Crippen LogP contribution in [-0.4, -0.2) is 32.8 Å². The Bertz CT molecular complexity index is 1310. The monoisotopic (exact) mass is 363 g/mol. The fourth-order valence-electron chi connectivity index (χ4n) is 2.60. The van der Waals surface area contributed by atoms with E-state index in [0.29, 0.717) is 5.52 Å². The zero-order valence-electron chi connectivity index (χ0n) is 18.6. The number of anilines is 1. The van der Waals surface area contributed by atoms with Crippen LogP contribution in [0.5, 0.6) is 5.75 Å². The van der Waals surface area contributed by atoms with Crippen molar-refractivity contribution < 1.29 is 15.0 Å². The highest BCUT2D eigenvalue weighted by molar-refractivity contribution is 6.04. The van der Waals surface area contributed by atoms with Gasteiger partial charge in [-0.25, -0.2) is 4.98 Å². The lowest BCUT2D eigenvalue weighted by Gasteiger charge is -2.07. The van der Waals surface area contributed by atoms with Crippen LogP contribution in [0.15, 0.2) is 61.0 Å². The van der Waals surface area contributed by atoms with E-state index in [0.717, 1.165) is 16.6 Å². The Kier molecular flexibility index (Phi) is 3.20. The summed E-state index contributed by atoms with van der Waals surface area (Å²) >= 11 is 0. The van der Waals surface area contributed by atoms with Gasteiger partial charge in [0.05, 0.1) is 36.3 Å². The number of benzene rings is 2. The number of hydrogen-bond donors (Lipinski definition) is 1. The second-order valence-electron chi connectivity index (χ2n) is 5.76. The molecule has 0 spiro atoms. The maximum Gasteiger partial charge on any atom is 0.256 e. The van der Waals surface area contributed by atoms with Gasteiger partial charge in [-0.15, -0.1) is 10.2 Å². The summed E-state index contributed by atoms with van der Waals surface area (Å²) in [5, 5.41) is 11.3. The van der Waals surface area contributed by atoms with E-state index in [9.17, 15) is 4.79 Å². The minimum Gasteiger partial charge on any atom is -0.497 e. The normalized spacial score (nSPS) is 12.8. The average Bonchev–Trinajstić information content (AvgIpc) is 3.18. The van der Waals surface area contributed by atoms with Crippen molar-refractivity contribution in [3.05, 3.63) is 66.5 Å². The van der Waals surface area contributed by atoms with Gasteiger partial charge in [0.1, 0.15) is 5.75 Å². The molecule has 0 unspecified atom stereocenters.